The first-order valence-corrected chi connectivity index (χ1v) is 7.69. The molecule has 6 nitrogen and oxygen atoms in total. The van der Waals surface area contributed by atoms with Crippen LogP contribution in [-0.2, 0) is 10.0 Å². The summed E-state index contributed by atoms with van der Waals surface area (Å²) in [5.74, 6) is -1.15. The number of nitrogens with one attached hydrogen (secondary N) is 1. The van der Waals surface area contributed by atoms with E-state index in [1.54, 1.807) is 0 Å². The highest BCUT2D eigenvalue weighted by Crippen LogP contribution is 2.36. The summed E-state index contributed by atoms with van der Waals surface area (Å²) in [6.07, 6.45) is 2.87. The smallest absolute Gasteiger partial charge is 0.371 e. The molecule has 19 heavy (non-hydrogen) atoms. The largest absolute Gasteiger partial charge is 0.475 e. The second kappa shape index (κ2) is 4.97. The van der Waals surface area contributed by atoms with Gasteiger partial charge in [-0.05, 0) is 25.7 Å². The van der Waals surface area contributed by atoms with Crippen LogP contribution in [0.25, 0.3) is 0 Å². The SMILES string of the molecule is CCCC1CC1NS(=O)(=O)c1cc(C(=O)O)oc1C. The Labute approximate surface area is 111 Å². The van der Waals surface area contributed by atoms with E-state index >= 15 is 0 Å². The standard InChI is InChI=1S/C12H17NO5S/c1-3-4-8-5-9(8)13-19(16,17)11-6-10(12(14)15)18-7(11)2/h6,8-9,13H,3-5H2,1-2H3,(H,14,15). The number of hydrogen-bond donors (Lipinski definition) is 2. The van der Waals surface area contributed by atoms with Gasteiger partial charge in [0, 0.05) is 12.1 Å². The predicted octanol–water partition coefficient (Wildman–Crippen LogP) is 1.75. The minimum absolute atomic E-state index is 0.0347. The molecule has 1 aromatic rings. The lowest BCUT2D eigenvalue weighted by molar-refractivity contribution is 0.0661. The Morgan fingerprint density at radius 1 is 1.58 bits per heavy atom. The van der Waals surface area contributed by atoms with Crippen LogP contribution in [0.15, 0.2) is 15.4 Å². The van der Waals surface area contributed by atoms with Gasteiger partial charge in [-0.2, -0.15) is 0 Å². The molecule has 0 amide bonds. The fourth-order valence-corrected chi connectivity index (χ4v) is 3.68. The topological polar surface area (TPSA) is 96.6 Å². The van der Waals surface area contributed by atoms with Crippen LogP contribution in [0, 0.1) is 12.8 Å². The molecule has 0 aromatic carbocycles. The third-order valence-electron chi connectivity index (χ3n) is 3.26. The molecular weight excluding hydrogens is 270 g/mol. The molecule has 1 saturated carbocycles. The minimum atomic E-state index is -3.70. The van der Waals surface area contributed by atoms with E-state index in [1.807, 2.05) is 0 Å². The van der Waals surface area contributed by atoms with Crippen LogP contribution in [-0.4, -0.2) is 25.5 Å². The van der Waals surface area contributed by atoms with E-state index in [0.717, 1.165) is 25.3 Å². The van der Waals surface area contributed by atoms with E-state index in [1.165, 1.54) is 6.92 Å². The molecular formula is C12H17NO5S. The number of furan rings is 1. The third kappa shape index (κ3) is 2.98. The molecule has 7 heteroatoms. The van der Waals surface area contributed by atoms with E-state index < -0.39 is 16.0 Å². The highest BCUT2D eigenvalue weighted by atomic mass is 32.2. The van der Waals surface area contributed by atoms with Crippen molar-refractivity contribution < 1.29 is 22.7 Å². The Hall–Kier alpha value is -1.34. The van der Waals surface area contributed by atoms with Gasteiger partial charge < -0.3 is 9.52 Å². The number of carbonyl (C=O) groups is 1. The molecule has 1 aliphatic carbocycles. The zero-order valence-electron chi connectivity index (χ0n) is 10.8. The number of sulfonamides is 1. The van der Waals surface area contributed by atoms with Gasteiger partial charge in [0.2, 0.25) is 15.8 Å². The molecule has 0 bridgehead atoms. The van der Waals surface area contributed by atoms with Gasteiger partial charge >= 0.3 is 5.97 Å². The Bertz CT molecular complexity index is 589. The molecule has 1 fully saturated rings. The van der Waals surface area contributed by atoms with Gasteiger partial charge in [-0.3, -0.25) is 0 Å². The van der Waals surface area contributed by atoms with E-state index in [-0.39, 0.29) is 22.5 Å². The molecule has 1 aliphatic rings. The lowest BCUT2D eigenvalue weighted by Gasteiger charge is -2.04. The normalized spacial score (nSPS) is 22.4. The van der Waals surface area contributed by atoms with Gasteiger partial charge in [0.25, 0.3) is 0 Å². The van der Waals surface area contributed by atoms with E-state index in [2.05, 4.69) is 11.6 Å². The maximum absolute atomic E-state index is 12.1. The summed E-state index contributed by atoms with van der Waals surface area (Å²) in [5, 5.41) is 8.79. The molecule has 1 aromatic heterocycles. The van der Waals surface area contributed by atoms with Crippen molar-refractivity contribution in [3.8, 4) is 0 Å². The summed E-state index contributed by atoms with van der Waals surface area (Å²) >= 11 is 0. The zero-order chi connectivity index (χ0) is 14.2. The molecule has 2 unspecified atom stereocenters. The summed E-state index contributed by atoms with van der Waals surface area (Å²) < 4.78 is 31.8. The predicted molar refractivity (Wildman–Crippen MR) is 67.5 cm³/mol. The maximum atomic E-state index is 12.1. The highest BCUT2D eigenvalue weighted by Gasteiger charge is 2.40. The summed E-state index contributed by atoms with van der Waals surface area (Å²) in [4.78, 5) is 10.7. The lowest BCUT2D eigenvalue weighted by atomic mass is 10.2. The molecule has 0 aliphatic heterocycles. The average molecular weight is 287 g/mol. The van der Waals surface area contributed by atoms with Gasteiger partial charge in [0.1, 0.15) is 10.7 Å². The zero-order valence-corrected chi connectivity index (χ0v) is 11.7. The Morgan fingerprint density at radius 3 is 2.79 bits per heavy atom. The van der Waals surface area contributed by atoms with Crippen molar-refractivity contribution in [3.63, 3.8) is 0 Å². The second-order valence-corrected chi connectivity index (χ2v) is 6.53. The van der Waals surface area contributed by atoms with Crippen molar-refractivity contribution in [1.29, 1.82) is 0 Å². The summed E-state index contributed by atoms with van der Waals surface area (Å²) in [5.41, 5.74) is 0. The van der Waals surface area contributed by atoms with Crippen molar-refractivity contribution in [3.05, 3.63) is 17.6 Å². The van der Waals surface area contributed by atoms with Crippen LogP contribution < -0.4 is 4.72 Å². The van der Waals surface area contributed by atoms with Gasteiger partial charge in [0.15, 0.2) is 0 Å². The third-order valence-corrected chi connectivity index (χ3v) is 4.86. The monoisotopic (exact) mass is 287 g/mol. The summed E-state index contributed by atoms with van der Waals surface area (Å²) in [6.45, 7) is 3.50. The molecule has 2 atom stereocenters. The van der Waals surface area contributed by atoms with Crippen molar-refractivity contribution in [1.82, 2.24) is 4.72 Å². The molecule has 1 heterocycles. The maximum Gasteiger partial charge on any atom is 0.371 e. The van der Waals surface area contributed by atoms with Gasteiger partial charge in [-0.1, -0.05) is 13.3 Å². The molecule has 106 valence electrons. The number of rotatable bonds is 6. The Morgan fingerprint density at radius 2 is 2.26 bits per heavy atom. The van der Waals surface area contributed by atoms with Crippen LogP contribution in [0.3, 0.4) is 0 Å². The molecule has 2 rings (SSSR count). The number of aryl methyl sites for hydroxylation is 1. The lowest BCUT2D eigenvalue weighted by Crippen LogP contribution is -2.27. The summed E-state index contributed by atoms with van der Waals surface area (Å²) in [7, 11) is -3.70. The quantitative estimate of drug-likeness (QED) is 0.831. The number of hydrogen-bond acceptors (Lipinski definition) is 4. The van der Waals surface area contributed by atoms with Gasteiger partial charge in [-0.25, -0.2) is 17.9 Å². The molecule has 0 saturated heterocycles. The van der Waals surface area contributed by atoms with Crippen LogP contribution in [0.4, 0.5) is 0 Å². The average Bonchev–Trinajstić information content (AvgIpc) is 2.87. The number of aromatic carboxylic acids is 1. The Balaban J connectivity index is 2.14. The van der Waals surface area contributed by atoms with Gasteiger partial charge in [-0.15, -0.1) is 0 Å². The minimum Gasteiger partial charge on any atom is -0.475 e. The first-order chi connectivity index (χ1) is 8.85. The van der Waals surface area contributed by atoms with Crippen molar-refractivity contribution in [2.24, 2.45) is 5.92 Å². The van der Waals surface area contributed by atoms with E-state index in [0.29, 0.717) is 5.92 Å². The fourth-order valence-electron chi connectivity index (χ4n) is 2.18. The van der Waals surface area contributed by atoms with Crippen molar-refractivity contribution >= 4 is 16.0 Å². The Kier molecular flexibility index (Phi) is 3.69. The second-order valence-electron chi connectivity index (χ2n) is 4.85. The number of carboxylic acids is 1. The first-order valence-electron chi connectivity index (χ1n) is 6.21. The molecule has 2 N–H and O–H groups in total. The van der Waals surface area contributed by atoms with Crippen LogP contribution in [0.5, 0.6) is 0 Å². The number of carboxylic acid groups (broad SMARTS) is 1. The molecule has 0 radical (unpaired) electrons. The summed E-state index contributed by atoms with van der Waals surface area (Å²) in [6, 6.07) is 1.02. The van der Waals surface area contributed by atoms with Crippen molar-refractivity contribution in [2.75, 3.05) is 0 Å². The van der Waals surface area contributed by atoms with Crippen LogP contribution in [0.2, 0.25) is 0 Å². The van der Waals surface area contributed by atoms with E-state index in [4.69, 9.17) is 9.52 Å². The van der Waals surface area contributed by atoms with Crippen LogP contribution in [0.1, 0.15) is 42.5 Å². The van der Waals surface area contributed by atoms with E-state index in [9.17, 15) is 13.2 Å². The fraction of sp³-hybridized carbons (Fsp3) is 0.583. The van der Waals surface area contributed by atoms with Gasteiger partial charge in [0.05, 0.1) is 0 Å². The highest BCUT2D eigenvalue weighted by molar-refractivity contribution is 7.89. The van der Waals surface area contributed by atoms with Crippen LogP contribution >= 0.6 is 0 Å². The molecule has 0 spiro atoms. The van der Waals surface area contributed by atoms with Crippen molar-refractivity contribution in [2.45, 2.75) is 44.0 Å². The first kappa shape index (κ1) is 14.1.